The molecule has 0 unspecified atom stereocenters. The molecule has 0 bridgehead atoms. The summed E-state index contributed by atoms with van der Waals surface area (Å²) < 4.78 is 4.75. The fourth-order valence-corrected chi connectivity index (χ4v) is 2.79. The van der Waals surface area contributed by atoms with E-state index in [9.17, 15) is 9.59 Å². The van der Waals surface area contributed by atoms with Crippen molar-refractivity contribution in [2.45, 2.75) is 20.4 Å². The van der Waals surface area contributed by atoms with Gasteiger partial charge in [0.15, 0.2) is 0 Å². The number of anilines is 1. The SMILES string of the molecule is CCN(CC)Cc1cccc(C(=O)Nc2ccc(Cl)cc2C(=O)OC)c1. The van der Waals surface area contributed by atoms with Gasteiger partial charge >= 0.3 is 5.97 Å². The lowest BCUT2D eigenvalue weighted by atomic mass is 10.1. The molecule has 0 saturated heterocycles. The molecular weight excluding hydrogens is 352 g/mol. The molecule has 138 valence electrons. The summed E-state index contributed by atoms with van der Waals surface area (Å²) in [6.07, 6.45) is 0. The zero-order valence-electron chi connectivity index (χ0n) is 15.2. The van der Waals surface area contributed by atoms with Gasteiger partial charge in [-0.1, -0.05) is 37.6 Å². The van der Waals surface area contributed by atoms with Gasteiger partial charge in [0.1, 0.15) is 0 Å². The fourth-order valence-electron chi connectivity index (χ4n) is 2.62. The third-order valence-corrected chi connectivity index (χ3v) is 4.36. The second kappa shape index (κ2) is 9.36. The van der Waals surface area contributed by atoms with E-state index in [1.165, 1.54) is 13.2 Å². The summed E-state index contributed by atoms with van der Waals surface area (Å²) in [5.41, 5.74) is 2.17. The number of amides is 1. The molecule has 2 aromatic rings. The number of hydrogen-bond donors (Lipinski definition) is 1. The van der Waals surface area contributed by atoms with E-state index < -0.39 is 5.97 Å². The Morgan fingerprint density at radius 3 is 2.50 bits per heavy atom. The van der Waals surface area contributed by atoms with Crippen molar-refractivity contribution in [3.8, 4) is 0 Å². The summed E-state index contributed by atoms with van der Waals surface area (Å²) in [4.78, 5) is 26.8. The van der Waals surface area contributed by atoms with Crippen molar-refractivity contribution in [3.63, 3.8) is 0 Å². The highest BCUT2D eigenvalue weighted by Gasteiger charge is 2.16. The monoisotopic (exact) mass is 374 g/mol. The van der Waals surface area contributed by atoms with E-state index in [1.54, 1.807) is 18.2 Å². The number of carbonyl (C=O) groups excluding carboxylic acids is 2. The number of ether oxygens (including phenoxy) is 1. The van der Waals surface area contributed by atoms with Gasteiger partial charge in [0.05, 0.1) is 18.4 Å². The zero-order valence-corrected chi connectivity index (χ0v) is 16.0. The Bertz CT molecular complexity index is 788. The van der Waals surface area contributed by atoms with Crippen LogP contribution in [0.4, 0.5) is 5.69 Å². The number of hydrogen-bond acceptors (Lipinski definition) is 4. The summed E-state index contributed by atoms with van der Waals surface area (Å²) in [5.74, 6) is -0.850. The molecule has 0 atom stereocenters. The van der Waals surface area contributed by atoms with E-state index in [0.29, 0.717) is 16.3 Å². The number of halogens is 1. The number of nitrogens with one attached hydrogen (secondary N) is 1. The quantitative estimate of drug-likeness (QED) is 0.737. The first-order chi connectivity index (χ1) is 12.5. The number of carbonyl (C=O) groups is 2. The molecule has 1 N–H and O–H groups in total. The van der Waals surface area contributed by atoms with Crippen LogP contribution < -0.4 is 5.32 Å². The van der Waals surface area contributed by atoms with Crippen LogP contribution >= 0.6 is 11.6 Å². The second-order valence-corrected chi connectivity index (χ2v) is 6.23. The predicted molar refractivity (Wildman–Crippen MR) is 104 cm³/mol. The van der Waals surface area contributed by atoms with Crippen molar-refractivity contribution in [3.05, 3.63) is 64.2 Å². The van der Waals surface area contributed by atoms with Gasteiger partial charge in [-0.3, -0.25) is 9.69 Å². The molecule has 0 radical (unpaired) electrons. The molecule has 1 amide bonds. The van der Waals surface area contributed by atoms with Crippen LogP contribution in [0.15, 0.2) is 42.5 Å². The molecule has 0 aliphatic heterocycles. The van der Waals surface area contributed by atoms with Gasteiger partial charge in [-0.05, 0) is 49.0 Å². The summed E-state index contributed by atoms with van der Waals surface area (Å²) in [6.45, 7) is 6.88. The topological polar surface area (TPSA) is 58.6 Å². The van der Waals surface area contributed by atoms with Crippen molar-refractivity contribution in [2.24, 2.45) is 0 Å². The molecule has 2 rings (SSSR count). The Morgan fingerprint density at radius 1 is 1.12 bits per heavy atom. The Labute approximate surface area is 158 Å². The lowest BCUT2D eigenvalue weighted by molar-refractivity contribution is 0.0602. The average Bonchev–Trinajstić information content (AvgIpc) is 2.66. The summed E-state index contributed by atoms with van der Waals surface area (Å²) in [7, 11) is 1.28. The second-order valence-electron chi connectivity index (χ2n) is 5.80. The van der Waals surface area contributed by atoms with Crippen LogP contribution in [0.1, 0.15) is 40.1 Å². The van der Waals surface area contributed by atoms with E-state index >= 15 is 0 Å². The van der Waals surface area contributed by atoms with Crippen molar-refractivity contribution >= 4 is 29.2 Å². The Kier molecular flexibility index (Phi) is 7.18. The molecule has 0 saturated carbocycles. The number of esters is 1. The highest BCUT2D eigenvalue weighted by atomic mass is 35.5. The van der Waals surface area contributed by atoms with Crippen molar-refractivity contribution in [1.82, 2.24) is 4.90 Å². The first-order valence-electron chi connectivity index (χ1n) is 8.49. The summed E-state index contributed by atoms with van der Waals surface area (Å²) >= 11 is 5.94. The predicted octanol–water partition coefficient (Wildman–Crippen LogP) is 4.22. The normalized spacial score (nSPS) is 10.7. The average molecular weight is 375 g/mol. The first-order valence-corrected chi connectivity index (χ1v) is 8.86. The fraction of sp³-hybridized carbons (Fsp3) is 0.300. The van der Waals surface area contributed by atoms with E-state index in [-0.39, 0.29) is 11.5 Å². The van der Waals surface area contributed by atoms with Crippen LogP contribution in [-0.4, -0.2) is 37.0 Å². The maximum Gasteiger partial charge on any atom is 0.340 e. The van der Waals surface area contributed by atoms with Crippen molar-refractivity contribution < 1.29 is 14.3 Å². The maximum atomic E-state index is 12.6. The Hall–Kier alpha value is -2.37. The molecule has 6 heteroatoms. The third kappa shape index (κ3) is 5.07. The van der Waals surface area contributed by atoms with Gasteiger partial charge < -0.3 is 10.1 Å². The van der Waals surface area contributed by atoms with Crippen LogP contribution in [0, 0.1) is 0 Å². The standard InChI is InChI=1S/C20H23ClN2O3/c1-4-23(5-2)13-14-7-6-8-15(11-14)19(24)22-18-10-9-16(21)12-17(18)20(25)26-3/h6-12H,4-5,13H2,1-3H3,(H,22,24). The highest BCUT2D eigenvalue weighted by Crippen LogP contribution is 2.22. The first kappa shape index (κ1) is 19.9. The smallest absolute Gasteiger partial charge is 0.340 e. The molecule has 26 heavy (non-hydrogen) atoms. The molecule has 0 fully saturated rings. The van der Waals surface area contributed by atoms with E-state index in [0.717, 1.165) is 25.2 Å². The van der Waals surface area contributed by atoms with E-state index in [2.05, 4.69) is 24.1 Å². The van der Waals surface area contributed by atoms with Gasteiger partial charge in [0.25, 0.3) is 5.91 Å². The van der Waals surface area contributed by atoms with Crippen LogP contribution in [0.2, 0.25) is 5.02 Å². The maximum absolute atomic E-state index is 12.6. The van der Waals surface area contributed by atoms with Gasteiger partial charge in [0, 0.05) is 17.1 Å². The van der Waals surface area contributed by atoms with Crippen LogP contribution in [0.5, 0.6) is 0 Å². The highest BCUT2D eigenvalue weighted by molar-refractivity contribution is 6.31. The molecule has 5 nitrogen and oxygen atoms in total. The van der Waals surface area contributed by atoms with Gasteiger partial charge in [-0.25, -0.2) is 4.79 Å². The van der Waals surface area contributed by atoms with Crippen LogP contribution in [-0.2, 0) is 11.3 Å². The molecule has 0 aliphatic rings. The van der Waals surface area contributed by atoms with Gasteiger partial charge in [-0.2, -0.15) is 0 Å². The summed E-state index contributed by atoms with van der Waals surface area (Å²) in [6, 6.07) is 12.1. The Morgan fingerprint density at radius 2 is 1.85 bits per heavy atom. The van der Waals surface area contributed by atoms with E-state index in [4.69, 9.17) is 16.3 Å². The molecule has 0 spiro atoms. The van der Waals surface area contributed by atoms with Gasteiger partial charge in [0.2, 0.25) is 0 Å². The lowest BCUT2D eigenvalue weighted by Gasteiger charge is -2.18. The minimum atomic E-state index is -0.557. The summed E-state index contributed by atoms with van der Waals surface area (Å²) in [5, 5.41) is 3.16. The van der Waals surface area contributed by atoms with Crippen molar-refractivity contribution in [1.29, 1.82) is 0 Å². The van der Waals surface area contributed by atoms with Crippen molar-refractivity contribution in [2.75, 3.05) is 25.5 Å². The molecule has 2 aromatic carbocycles. The van der Waals surface area contributed by atoms with E-state index in [1.807, 2.05) is 18.2 Å². The Balaban J connectivity index is 2.22. The minimum absolute atomic E-state index is 0.215. The largest absolute Gasteiger partial charge is 0.465 e. The number of benzene rings is 2. The number of methoxy groups -OCH3 is 1. The van der Waals surface area contributed by atoms with Gasteiger partial charge in [-0.15, -0.1) is 0 Å². The minimum Gasteiger partial charge on any atom is -0.465 e. The number of nitrogens with zero attached hydrogens (tertiary/aromatic N) is 1. The molecule has 0 heterocycles. The molecular formula is C20H23ClN2O3. The van der Waals surface area contributed by atoms with Crippen LogP contribution in [0.3, 0.4) is 0 Å². The third-order valence-electron chi connectivity index (χ3n) is 4.12. The zero-order chi connectivity index (χ0) is 19.1. The van der Waals surface area contributed by atoms with Crippen LogP contribution in [0.25, 0.3) is 0 Å². The molecule has 0 aromatic heterocycles. The number of rotatable bonds is 7. The lowest BCUT2D eigenvalue weighted by Crippen LogP contribution is -2.22. The molecule has 0 aliphatic carbocycles.